The normalized spacial score (nSPS) is 21.3. The molecule has 2 saturated heterocycles. The molecule has 3 heterocycles. The van der Waals surface area contributed by atoms with Gasteiger partial charge >= 0.3 is 0 Å². The smallest absolute Gasteiger partial charge is 0.236 e. The summed E-state index contributed by atoms with van der Waals surface area (Å²) in [6.07, 6.45) is 3.56. The van der Waals surface area contributed by atoms with Gasteiger partial charge in [-0.3, -0.25) is 14.6 Å². The third kappa shape index (κ3) is 4.68. The van der Waals surface area contributed by atoms with Crippen LogP contribution in [0.5, 0.6) is 11.5 Å². The van der Waals surface area contributed by atoms with E-state index in [4.69, 9.17) is 21.1 Å². The van der Waals surface area contributed by atoms with Gasteiger partial charge in [0.2, 0.25) is 5.91 Å². The number of likely N-dealkylation sites (tertiary alicyclic amines) is 1. The van der Waals surface area contributed by atoms with Crippen LogP contribution in [-0.4, -0.2) is 79.6 Å². The van der Waals surface area contributed by atoms with Crippen molar-refractivity contribution in [2.75, 3.05) is 59.0 Å². The van der Waals surface area contributed by atoms with Crippen LogP contribution in [0.1, 0.15) is 24.8 Å². The quantitative estimate of drug-likeness (QED) is 0.785. The molecular weight excluding hydrogens is 366 g/mol. The summed E-state index contributed by atoms with van der Waals surface area (Å²) in [7, 11) is 0. The summed E-state index contributed by atoms with van der Waals surface area (Å²) in [5.74, 6) is 1.70. The van der Waals surface area contributed by atoms with Crippen molar-refractivity contribution in [3.05, 3.63) is 22.7 Å². The van der Waals surface area contributed by atoms with Crippen LogP contribution in [0.2, 0.25) is 5.02 Å². The number of piperazine rings is 1. The van der Waals surface area contributed by atoms with Crippen LogP contribution in [0, 0.1) is 0 Å². The molecule has 2 fully saturated rings. The molecule has 1 aromatic rings. The van der Waals surface area contributed by atoms with Gasteiger partial charge < -0.3 is 14.4 Å². The molecule has 3 aliphatic rings. The van der Waals surface area contributed by atoms with E-state index >= 15 is 0 Å². The van der Waals surface area contributed by atoms with E-state index in [0.29, 0.717) is 36.4 Å². The van der Waals surface area contributed by atoms with Gasteiger partial charge in [-0.25, -0.2) is 0 Å². The third-order valence-electron chi connectivity index (χ3n) is 5.60. The van der Waals surface area contributed by atoms with Gasteiger partial charge in [-0.05, 0) is 37.0 Å². The second-order valence-electron chi connectivity index (χ2n) is 7.60. The second kappa shape index (κ2) is 8.67. The lowest BCUT2D eigenvalue weighted by Gasteiger charge is -2.36. The Balaban J connectivity index is 1.27. The number of halogens is 1. The number of hydrogen-bond donors (Lipinski definition) is 0. The Morgan fingerprint density at radius 3 is 2.41 bits per heavy atom. The van der Waals surface area contributed by atoms with Gasteiger partial charge in [0.15, 0.2) is 11.5 Å². The van der Waals surface area contributed by atoms with E-state index in [9.17, 15) is 4.79 Å². The Morgan fingerprint density at radius 1 is 0.926 bits per heavy atom. The first-order valence-electron chi connectivity index (χ1n) is 9.99. The fourth-order valence-electron chi connectivity index (χ4n) is 4.05. The second-order valence-corrected chi connectivity index (χ2v) is 8.00. The molecule has 27 heavy (non-hydrogen) atoms. The summed E-state index contributed by atoms with van der Waals surface area (Å²) >= 11 is 6.35. The molecule has 7 heteroatoms. The lowest BCUT2D eigenvalue weighted by molar-refractivity contribution is -0.133. The Hall–Kier alpha value is -1.50. The SMILES string of the molecule is O=C(CN1CCN(Cc2cc(Cl)c3c(c2)OCCO3)CC1)N1CCCCC1. The Kier molecular flexibility index (Phi) is 6.05. The number of ether oxygens (including phenoxy) is 2. The largest absolute Gasteiger partial charge is 0.486 e. The highest BCUT2D eigenvalue weighted by Crippen LogP contribution is 2.38. The maximum absolute atomic E-state index is 12.4. The molecular formula is C20H28ClN3O3. The zero-order valence-electron chi connectivity index (χ0n) is 15.8. The number of nitrogens with zero attached hydrogens (tertiary/aromatic N) is 3. The van der Waals surface area contributed by atoms with E-state index in [1.165, 1.54) is 6.42 Å². The zero-order valence-corrected chi connectivity index (χ0v) is 16.5. The van der Waals surface area contributed by atoms with Crippen molar-refractivity contribution in [1.29, 1.82) is 0 Å². The minimum atomic E-state index is 0.293. The van der Waals surface area contributed by atoms with Gasteiger partial charge in [-0.1, -0.05) is 11.6 Å². The fraction of sp³-hybridized carbons (Fsp3) is 0.650. The lowest BCUT2D eigenvalue weighted by atomic mass is 10.1. The number of carbonyl (C=O) groups excluding carboxylic acids is 1. The molecule has 0 radical (unpaired) electrons. The van der Waals surface area contributed by atoms with Crippen LogP contribution in [0.15, 0.2) is 12.1 Å². The standard InChI is InChI=1S/C20H28ClN3O3/c21-17-12-16(13-18-20(17)27-11-10-26-18)14-22-6-8-23(9-7-22)15-19(25)24-4-2-1-3-5-24/h12-13H,1-11,14-15H2. The molecule has 4 rings (SSSR count). The first kappa shape index (κ1) is 18.8. The molecule has 0 aromatic heterocycles. The molecule has 6 nitrogen and oxygen atoms in total. The summed E-state index contributed by atoms with van der Waals surface area (Å²) in [5, 5.41) is 0.618. The summed E-state index contributed by atoms with van der Waals surface area (Å²) < 4.78 is 11.3. The number of carbonyl (C=O) groups is 1. The van der Waals surface area contributed by atoms with Crippen molar-refractivity contribution in [2.45, 2.75) is 25.8 Å². The van der Waals surface area contributed by atoms with Crippen LogP contribution in [0.4, 0.5) is 0 Å². The molecule has 3 aliphatic heterocycles. The monoisotopic (exact) mass is 393 g/mol. The summed E-state index contributed by atoms with van der Waals surface area (Å²) in [6, 6.07) is 4.01. The van der Waals surface area contributed by atoms with Gasteiger partial charge in [0.1, 0.15) is 13.2 Å². The van der Waals surface area contributed by atoms with Gasteiger partial charge in [0.25, 0.3) is 0 Å². The number of amides is 1. The van der Waals surface area contributed by atoms with Gasteiger partial charge in [0.05, 0.1) is 11.6 Å². The Labute approximate surface area is 165 Å². The van der Waals surface area contributed by atoms with E-state index in [1.807, 2.05) is 17.0 Å². The number of piperidine rings is 1. The summed E-state index contributed by atoms with van der Waals surface area (Å²) in [5.41, 5.74) is 1.14. The predicted molar refractivity (Wildman–Crippen MR) is 105 cm³/mol. The maximum atomic E-state index is 12.4. The van der Waals surface area contributed by atoms with Crippen molar-refractivity contribution in [3.63, 3.8) is 0 Å². The van der Waals surface area contributed by atoms with Crippen LogP contribution >= 0.6 is 11.6 Å². The topological polar surface area (TPSA) is 45.3 Å². The summed E-state index contributed by atoms with van der Waals surface area (Å²) in [6.45, 7) is 8.15. The number of benzene rings is 1. The predicted octanol–water partition coefficient (Wildman–Crippen LogP) is 2.24. The molecule has 1 aromatic carbocycles. The fourth-order valence-corrected chi connectivity index (χ4v) is 4.34. The molecule has 0 spiro atoms. The number of fused-ring (bicyclic) bond motifs is 1. The van der Waals surface area contributed by atoms with E-state index in [-0.39, 0.29) is 0 Å². The average molecular weight is 394 g/mol. The van der Waals surface area contributed by atoms with Crippen LogP contribution < -0.4 is 9.47 Å². The van der Waals surface area contributed by atoms with Crippen molar-refractivity contribution in [1.82, 2.24) is 14.7 Å². The van der Waals surface area contributed by atoms with E-state index < -0.39 is 0 Å². The molecule has 0 aliphatic carbocycles. The highest BCUT2D eigenvalue weighted by molar-refractivity contribution is 6.32. The highest BCUT2D eigenvalue weighted by atomic mass is 35.5. The number of hydrogen-bond acceptors (Lipinski definition) is 5. The van der Waals surface area contributed by atoms with Crippen LogP contribution in [-0.2, 0) is 11.3 Å². The highest BCUT2D eigenvalue weighted by Gasteiger charge is 2.23. The van der Waals surface area contributed by atoms with Crippen molar-refractivity contribution < 1.29 is 14.3 Å². The van der Waals surface area contributed by atoms with E-state index in [2.05, 4.69) is 9.80 Å². The van der Waals surface area contributed by atoms with Crippen LogP contribution in [0.25, 0.3) is 0 Å². The van der Waals surface area contributed by atoms with Gasteiger partial charge in [-0.2, -0.15) is 0 Å². The third-order valence-corrected chi connectivity index (χ3v) is 5.88. The molecule has 1 amide bonds. The van der Waals surface area contributed by atoms with Crippen molar-refractivity contribution in [2.24, 2.45) is 0 Å². The average Bonchev–Trinajstić information content (AvgIpc) is 2.70. The first-order chi connectivity index (χ1) is 13.2. The molecule has 0 atom stereocenters. The van der Waals surface area contributed by atoms with Crippen LogP contribution in [0.3, 0.4) is 0 Å². The molecule has 0 unspecified atom stereocenters. The Bertz CT molecular complexity index is 671. The zero-order chi connectivity index (χ0) is 18.6. The minimum absolute atomic E-state index is 0.293. The molecule has 148 valence electrons. The van der Waals surface area contributed by atoms with E-state index in [1.54, 1.807) is 0 Å². The Morgan fingerprint density at radius 2 is 1.63 bits per heavy atom. The lowest BCUT2D eigenvalue weighted by Crippen LogP contribution is -2.50. The molecule has 0 N–H and O–H groups in total. The van der Waals surface area contributed by atoms with Gasteiger partial charge in [0, 0.05) is 45.8 Å². The molecule has 0 bridgehead atoms. The number of rotatable bonds is 4. The molecule has 0 saturated carbocycles. The maximum Gasteiger partial charge on any atom is 0.236 e. The van der Waals surface area contributed by atoms with E-state index in [0.717, 1.165) is 70.0 Å². The summed E-state index contributed by atoms with van der Waals surface area (Å²) in [4.78, 5) is 19.2. The van der Waals surface area contributed by atoms with Crippen molar-refractivity contribution >= 4 is 17.5 Å². The first-order valence-corrected chi connectivity index (χ1v) is 10.4. The van der Waals surface area contributed by atoms with Gasteiger partial charge in [-0.15, -0.1) is 0 Å². The van der Waals surface area contributed by atoms with Crippen molar-refractivity contribution in [3.8, 4) is 11.5 Å². The minimum Gasteiger partial charge on any atom is -0.486 e.